The van der Waals surface area contributed by atoms with Crippen molar-refractivity contribution in [3.63, 3.8) is 0 Å². The van der Waals surface area contributed by atoms with E-state index in [0.29, 0.717) is 5.02 Å². The molecule has 90 valence electrons. The molecule has 2 aromatic rings. The average Bonchev–Trinajstić information content (AvgIpc) is 2.62. The molecule has 0 spiro atoms. The van der Waals surface area contributed by atoms with Crippen molar-refractivity contribution in [2.24, 2.45) is 5.73 Å². The van der Waals surface area contributed by atoms with Crippen molar-refractivity contribution in [2.45, 2.75) is 13.0 Å². The summed E-state index contributed by atoms with van der Waals surface area (Å²) < 4.78 is 2.00. The lowest BCUT2D eigenvalue weighted by molar-refractivity contribution is 0.881. The van der Waals surface area contributed by atoms with E-state index in [1.165, 1.54) is 5.56 Å². The van der Waals surface area contributed by atoms with Gasteiger partial charge in [-0.2, -0.15) is 0 Å². The van der Waals surface area contributed by atoms with E-state index >= 15 is 0 Å². The number of rotatable bonds is 2. The molecule has 1 heterocycles. The molecule has 1 aromatic carbocycles. The topological polar surface area (TPSA) is 26.0 Å². The van der Waals surface area contributed by atoms with Crippen molar-refractivity contribution < 1.29 is 0 Å². The monoisotopic (exact) mass is 393 g/mol. The highest BCUT2D eigenvalue weighted by atomic mass is 79.9. The van der Waals surface area contributed by atoms with Gasteiger partial charge in [0.2, 0.25) is 0 Å². The molecule has 2 N–H and O–H groups in total. The molecule has 2 rings (SSSR count). The SMILES string of the molecule is Cc1c(Br)cccc1C(N)c1cc(Cl)c(Br)s1. The second kappa shape index (κ2) is 5.41. The van der Waals surface area contributed by atoms with E-state index in [1.807, 2.05) is 24.3 Å². The average molecular weight is 396 g/mol. The molecule has 1 unspecified atom stereocenters. The Morgan fingerprint density at radius 3 is 2.65 bits per heavy atom. The minimum absolute atomic E-state index is 0.138. The molecule has 0 aliphatic rings. The van der Waals surface area contributed by atoms with E-state index in [0.717, 1.165) is 18.7 Å². The summed E-state index contributed by atoms with van der Waals surface area (Å²) in [7, 11) is 0. The summed E-state index contributed by atoms with van der Waals surface area (Å²) in [6.07, 6.45) is 0. The van der Waals surface area contributed by atoms with Crippen LogP contribution in [0.2, 0.25) is 5.02 Å². The summed E-state index contributed by atoms with van der Waals surface area (Å²) in [6.45, 7) is 2.06. The Morgan fingerprint density at radius 1 is 1.35 bits per heavy atom. The van der Waals surface area contributed by atoms with Crippen LogP contribution in [-0.4, -0.2) is 0 Å². The van der Waals surface area contributed by atoms with Crippen LogP contribution in [0.3, 0.4) is 0 Å². The highest BCUT2D eigenvalue weighted by Crippen LogP contribution is 2.37. The lowest BCUT2D eigenvalue weighted by Crippen LogP contribution is -2.11. The maximum Gasteiger partial charge on any atom is 0.0888 e. The minimum Gasteiger partial charge on any atom is -0.320 e. The van der Waals surface area contributed by atoms with Crippen LogP contribution in [0.15, 0.2) is 32.5 Å². The van der Waals surface area contributed by atoms with Gasteiger partial charge in [-0.1, -0.05) is 39.7 Å². The first-order chi connectivity index (χ1) is 8.00. The quantitative estimate of drug-likeness (QED) is 0.735. The molecule has 0 saturated carbocycles. The lowest BCUT2D eigenvalue weighted by atomic mass is 10.0. The Labute approximate surface area is 126 Å². The maximum atomic E-state index is 6.28. The van der Waals surface area contributed by atoms with Gasteiger partial charge in [0.05, 0.1) is 14.9 Å². The van der Waals surface area contributed by atoms with Crippen molar-refractivity contribution in [1.82, 2.24) is 0 Å². The summed E-state index contributed by atoms with van der Waals surface area (Å²) in [4.78, 5) is 1.06. The van der Waals surface area contributed by atoms with Crippen LogP contribution < -0.4 is 5.73 Å². The third-order valence-electron chi connectivity index (χ3n) is 2.62. The van der Waals surface area contributed by atoms with Gasteiger partial charge in [-0.25, -0.2) is 0 Å². The number of hydrogen-bond donors (Lipinski definition) is 1. The third-order valence-corrected chi connectivity index (χ3v) is 6.03. The standard InChI is InChI=1S/C12H10Br2ClNS/c1-6-7(3-2-4-8(6)13)11(16)10-5-9(15)12(14)17-10/h2-5,11H,16H2,1H3. The largest absolute Gasteiger partial charge is 0.320 e. The Hall–Kier alpha value is 0.130. The number of thiophene rings is 1. The first-order valence-electron chi connectivity index (χ1n) is 4.96. The molecule has 0 radical (unpaired) electrons. The molecule has 1 aromatic heterocycles. The van der Waals surface area contributed by atoms with E-state index in [4.69, 9.17) is 17.3 Å². The van der Waals surface area contributed by atoms with E-state index in [1.54, 1.807) is 11.3 Å². The molecule has 5 heteroatoms. The highest BCUT2D eigenvalue weighted by molar-refractivity contribution is 9.11. The van der Waals surface area contributed by atoms with Crippen molar-refractivity contribution in [2.75, 3.05) is 0 Å². The molecule has 0 aliphatic heterocycles. The van der Waals surface area contributed by atoms with Crippen LogP contribution in [-0.2, 0) is 0 Å². The molecule has 0 amide bonds. The number of halogens is 3. The summed E-state index contributed by atoms with van der Waals surface area (Å²) >= 11 is 14.5. The fourth-order valence-corrected chi connectivity index (χ4v) is 3.78. The second-order valence-corrected chi connectivity index (χ2v) is 7.37. The van der Waals surface area contributed by atoms with Gasteiger partial charge < -0.3 is 5.73 Å². The van der Waals surface area contributed by atoms with Crippen molar-refractivity contribution >= 4 is 54.8 Å². The van der Waals surface area contributed by atoms with Crippen molar-refractivity contribution in [3.05, 3.63) is 53.6 Å². The predicted octanol–water partition coefficient (Wildman–Crippen LogP) is 5.28. The van der Waals surface area contributed by atoms with Crippen LogP contribution in [0.1, 0.15) is 22.0 Å². The minimum atomic E-state index is -0.138. The fraction of sp³-hybridized carbons (Fsp3) is 0.167. The number of benzene rings is 1. The zero-order chi connectivity index (χ0) is 12.6. The van der Waals surface area contributed by atoms with Gasteiger partial charge in [0.25, 0.3) is 0 Å². The zero-order valence-corrected chi connectivity index (χ0v) is 13.8. The van der Waals surface area contributed by atoms with Gasteiger partial charge in [-0.3, -0.25) is 0 Å². The number of nitrogens with two attached hydrogens (primary N) is 1. The van der Waals surface area contributed by atoms with Crippen molar-refractivity contribution in [1.29, 1.82) is 0 Å². The van der Waals surface area contributed by atoms with E-state index < -0.39 is 0 Å². The van der Waals surface area contributed by atoms with Gasteiger partial charge >= 0.3 is 0 Å². The summed E-state index contributed by atoms with van der Waals surface area (Å²) in [5.74, 6) is 0. The molecule has 0 fully saturated rings. The lowest BCUT2D eigenvalue weighted by Gasteiger charge is -2.14. The van der Waals surface area contributed by atoms with Crippen LogP contribution in [0.4, 0.5) is 0 Å². The zero-order valence-electron chi connectivity index (χ0n) is 9.01. The van der Waals surface area contributed by atoms with Crippen LogP contribution in [0.25, 0.3) is 0 Å². The van der Waals surface area contributed by atoms with E-state index in [-0.39, 0.29) is 6.04 Å². The second-order valence-electron chi connectivity index (χ2n) is 3.70. The van der Waals surface area contributed by atoms with E-state index in [2.05, 4.69) is 38.8 Å². The van der Waals surface area contributed by atoms with Gasteiger partial charge in [-0.05, 0) is 46.1 Å². The fourth-order valence-electron chi connectivity index (χ4n) is 1.63. The van der Waals surface area contributed by atoms with Crippen LogP contribution in [0, 0.1) is 6.92 Å². The van der Waals surface area contributed by atoms with E-state index in [9.17, 15) is 0 Å². The molecule has 0 aliphatic carbocycles. The Bertz CT molecular complexity index is 534. The Balaban J connectivity index is 2.43. The van der Waals surface area contributed by atoms with Crippen LogP contribution >= 0.6 is 54.8 Å². The molecular formula is C12H10Br2ClNS. The summed E-state index contributed by atoms with van der Waals surface area (Å²) in [6, 6.07) is 7.84. The first-order valence-corrected chi connectivity index (χ1v) is 7.74. The Morgan fingerprint density at radius 2 is 2.06 bits per heavy atom. The van der Waals surface area contributed by atoms with Gasteiger partial charge in [0, 0.05) is 9.35 Å². The Kier molecular flexibility index (Phi) is 4.31. The molecule has 0 bridgehead atoms. The molecular weight excluding hydrogens is 385 g/mol. The maximum absolute atomic E-state index is 6.28. The smallest absolute Gasteiger partial charge is 0.0888 e. The summed E-state index contributed by atoms with van der Waals surface area (Å²) in [5, 5.41) is 0.716. The molecule has 1 nitrogen and oxygen atoms in total. The normalized spacial score (nSPS) is 12.8. The molecule has 0 saturated heterocycles. The van der Waals surface area contributed by atoms with Crippen molar-refractivity contribution in [3.8, 4) is 0 Å². The highest BCUT2D eigenvalue weighted by Gasteiger charge is 2.16. The number of hydrogen-bond acceptors (Lipinski definition) is 2. The van der Waals surface area contributed by atoms with Gasteiger partial charge in [-0.15, -0.1) is 11.3 Å². The molecule has 1 atom stereocenters. The first kappa shape index (κ1) is 13.6. The van der Waals surface area contributed by atoms with Crippen LogP contribution in [0.5, 0.6) is 0 Å². The van der Waals surface area contributed by atoms with Gasteiger partial charge in [0.1, 0.15) is 0 Å². The third kappa shape index (κ3) is 2.76. The molecule has 17 heavy (non-hydrogen) atoms. The summed E-state index contributed by atoms with van der Waals surface area (Å²) in [5.41, 5.74) is 8.56. The predicted molar refractivity (Wildman–Crippen MR) is 81.9 cm³/mol. The van der Waals surface area contributed by atoms with Gasteiger partial charge in [0.15, 0.2) is 0 Å².